The summed E-state index contributed by atoms with van der Waals surface area (Å²) in [7, 11) is 0. The van der Waals surface area contributed by atoms with Crippen LogP contribution in [0, 0.1) is 40.4 Å². The Morgan fingerprint density at radius 3 is 2.08 bits per heavy atom. The number of ether oxygens (including phenoxy) is 8. The minimum Gasteiger partial charge on any atom is -0.394 e. The number of fused-ring (bicyclic) bond motifs is 7. The van der Waals surface area contributed by atoms with E-state index < -0.39 is 117 Å². The van der Waals surface area contributed by atoms with Crippen LogP contribution in [0.3, 0.4) is 0 Å². The van der Waals surface area contributed by atoms with Crippen molar-refractivity contribution in [2.45, 2.75) is 202 Å². The molecule has 0 aromatic rings. The second-order valence-electron chi connectivity index (χ2n) is 20.7. The van der Waals surface area contributed by atoms with Crippen molar-refractivity contribution >= 4 is 0 Å². The second-order valence-corrected chi connectivity index (χ2v) is 20.7. The van der Waals surface area contributed by atoms with Crippen LogP contribution in [0.2, 0.25) is 0 Å². The fraction of sp³-hybridized carbons (Fsp3) is 0.955. The molecule has 0 aromatic heterocycles. The molecule has 0 amide bonds. The van der Waals surface area contributed by atoms with Gasteiger partial charge in [-0.1, -0.05) is 39.3 Å². The van der Waals surface area contributed by atoms with Crippen LogP contribution < -0.4 is 0 Å². The molecule has 5 saturated heterocycles. The first-order valence-electron chi connectivity index (χ1n) is 22.9. The molecule has 17 nitrogen and oxygen atoms in total. The standard InChI is InChI=1S/C44H70O17/c1-19-8-13-43(54-18-19)21(3)44(53)29(61-43)15-26-24-7-6-22-14-23(9-11-41(22,4)25(24)10-12-42(26,44)5)56-40-37(60-38-34(51)32(49)30(47)20(2)55-38)35(52)36(28(17-46)58-40)59-39-33(50)31(48)27(16-45)57-39/h6,19-21,23-40,45-53H,7-18H2,1-5H3/t19-,20+,21-,23+,24-,25+,26+,27+,28-,29+,30+,31+,32-,33-,34-,35+,36-,37-,38+,39+,40-,41+,42+,43-,44-/m0/s1. The van der Waals surface area contributed by atoms with Crippen LogP contribution in [0.1, 0.15) is 92.4 Å². The molecule has 4 aliphatic carbocycles. The lowest BCUT2D eigenvalue weighted by molar-refractivity contribution is -0.380. The number of aliphatic hydroxyl groups is 9. The van der Waals surface area contributed by atoms with E-state index in [2.05, 4.69) is 33.8 Å². The molecule has 3 saturated carbocycles. The maximum atomic E-state index is 12.8. The first-order chi connectivity index (χ1) is 28.9. The third-order valence-electron chi connectivity index (χ3n) is 17.6. The maximum absolute atomic E-state index is 12.8. The molecule has 0 aromatic carbocycles. The van der Waals surface area contributed by atoms with Gasteiger partial charge in [-0.2, -0.15) is 0 Å². The van der Waals surface area contributed by atoms with Gasteiger partial charge < -0.3 is 83.9 Å². The molecular weight excluding hydrogens is 800 g/mol. The number of aliphatic hydroxyl groups excluding tert-OH is 8. The highest BCUT2D eigenvalue weighted by Crippen LogP contribution is 2.72. The molecular formula is C44H70O17. The third-order valence-corrected chi connectivity index (χ3v) is 17.6. The second kappa shape index (κ2) is 16.4. The first-order valence-corrected chi connectivity index (χ1v) is 22.9. The predicted octanol–water partition coefficient (Wildman–Crippen LogP) is -0.0319. The molecule has 25 atom stereocenters. The largest absolute Gasteiger partial charge is 0.394 e. The summed E-state index contributed by atoms with van der Waals surface area (Å²) in [6.07, 6.45) is -11.0. The normalized spacial score (nSPS) is 58.2. The highest BCUT2D eigenvalue weighted by molar-refractivity contribution is 5.29. The van der Waals surface area contributed by atoms with Crippen LogP contribution in [0.15, 0.2) is 11.6 Å². The van der Waals surface area contributed by atoms with Gasteiger partial charge in [0.1, 0.15) is 66.6 Å². The van der Waals surface area contributed by atoms with Crippen LogP contribution in [0.5, 0.6) is 0 Å². The van der Waals surface area contributed by atoms with Gasteiger partial charge >= 0.3 is 0 Å². The number of hydrogen-bond donors (Lipinski definition) is 9. The van der Waals surface area contributed by atoms with E-state index in [1.54, 1.807) is 0 Å². The van der Waals surface area contributed by atoms with Crippen molar-refractivity contribution in [3.8, 4) is 0 Å². The summed E-state index contributed by atoms with van der Waals surface area (Å²) in [5.74, 6) is 0.693. The summed E-state index contributed by atoms with van der Waals surface area (Å²) >= 11 is 0. The Balaban J connectivity index is 0.922. The first kappa shape index (κ1) is 45.2. The highest BCUT2D eigenvalue weighted by Gasteiger charge is 2.76. The minimum absolute atomic E-state index is 0.109. The van der Waals surface area contributed by atoms with E-state index in [0.717, 1.165) is 44.9 Å². The molecule has 5 heterocycles. The molecule has 5 aliphatic heterocycles. The Morgan fingerprint density at radius 1 is 0.705 bits per heavy atom. The number of allylic oxidation sites excluding steroid dienone is 1. The molecule has 348 valence electrons. The molecule has 0 radical (unpaired) electrons. The van der Waals surface area contributed by atoms with Gasteiger partial charge in [-0.3, -0.25) is 0 Å². The van der Waals surface area contributed by atoms with Crippen LogP contribution in [0.4, 0.5) is 0 Å². The molecule has 0 bridgehead atoms. The lowest BCUT2D eigenvalue weighted by Gasteiger charge is -2.60. The lowest BCUT2D eigenvalue weighted by Crippen LogP contribution is -2.65. The SMILES string of the molecule is C[C@H]1CC[C@]2(OC1)O[C@@H]1C[C@@H]3[C@H]4CC=C5C[C@H](O[C@H]6O[C@@H](CO)[C@H](O[C@H]7O[C@H](CO)[C@@H](O)[C@@H]7O)[C@@H](O)[C@@H]6O[C@H]6O[C@H](C)[C@@H](O)[C@H](O)[C@@H]6O)CC[C@@]5(C)[C@@H]4CC[C@@]3(C)[C@]1(O)[C@H]2C. The summed E-state index contributed by atoms with van der Waals surface area (Å²) in [5, 5.41) is 97.6. The van der Waals surface area contributed by atoms with E-state index in [9.17, 15) is 46.0 Å². The highest BCUT2D eigenvalue weighted by atomic mass is 16.8. The third kappa shape index (κ3) is 6.97. The summed E-state index contributed by atoms with van der Waals surface area (Å²) in [5.41, 5.74) is -0.100. The van der Waals surface area contributed by atoms with E-state index in [4.69, 9.17) is 37.9 Å². The summed E-state index contributed by atoms with van der Waals surface area (Å²) in [6, 6.07) is 0. The Hall–Kier alpha value is -0.940. The Labute approximate surface area is 357 Å². The monoisotopic (exact) mass is 870 g/mol. The molecule has 9 N–H and O–H groups in total. The molecule has 9 aliphatic rings. The van der Waals surface area contributed by atoms with Gasteiger partial charge in [-0.05, 0) is 87.4 Å². The zero-order chi connectivity index (χ0) is 43.6. The van der Waals surface area contributed by atoms with E-state index in [1.165, 1.54) is 12.5 Å². The maximum Gasteiger partial charge on any atom is 0.187 e. The summed E-state index contributed by atoms with van der Waals surface area (Å²) in [4.78, 5) is 0. The van der Waals surface area contributed by atoms with Crippen molar-refractivity contribution in [1.82, 2.24) is 0 Å². The topological polar surface area (TPSA) is 256 Å². The van der Waals surface area contributed by atoms with Crippen molar-refractivity contribution in [3.05, 3.63) is 11.6 Å². The fourth-order valence-electron chi connectivity index (χ4n) is 13.8. The molecule has 17 heteroatoms. The van der Waals surface area contributed by atoms with Crippen molar-refractivity contribution < 1.29 is 83.9 Å². The summed E-state index contributed by atoms with van der Waals surface area (Å²) < 4.78 is 49.5. The Bertz CT molecular complexity index is 1610. The van der Waals surface area contributed by atoms with E-state index in [0.29, 0.717) is 43.1 Å². The van der Waals surface area contributed by atoms with E-state index >= 15 is 0 Å². The van der Waals surface area contributed by atoms with Gasteiger partial charge in [0, 0.05) is 17.8 Å². The molecule has 0 unspecified atom stereocenters. The van der Waals surface area contributed by atoms with Crippen LogP contribution >= 0.6 is 0 Å². The molecule has 9 rings (SSSR count). The fourth-order valence-corrected chi connectivity index (χ4v) is 13.8. The predicted molar refractivity (Wildman–Crippen MR) is 210 cm³/mol. The van der Waals surface area contributed by atoms with Crippen LogP contribution in [-0.2, 0) is 37.9 Å². The van der Waals surface area contributed by atoms with Crippen molar-refractivity contribution in [3.63, 3.8) is 0 Å². The van der Waals surface area contributed by atoms with Crippen LogP contribution in [0.25, 0.3) is 0 Å². The lowest BCUT2D eigenvalue weighted by atomic mass is 9.46. The van der Waals surface area contributed by atoms with Gasteiger partial charge in [0.2, 0.25) is 0 Å². The summed E-state index contributed by atoms with van der Waals surface area (Å²) in [6.45, 7) is 9.89. The minimum atomic E-state index is -1.72. The van der Waals surface area contributed by atoms with Crippen molar-refractivity contribution in [2.75, 3.05) is 19.8 Å². The smallest absolute Gasteiger partial charge is 0.187 e. The Morgan fingerprint density at radius 2 is 1.39 bits per heavy atom. The Kier molecular flexibility index (Phi) is 12.2. The average Bonchev–Trinajstić information content (AvgIpc) is 3.74. The number of rotatable bonds is 8. The van der Waals surface area contributed by atoms with Gasteiger partial charge in [-0.15, -0.1) is 0 Å². The molecule has 1 spiro atoms. The van der Waals surface area contributed by atoms with Gasteiger partial charge in [0.15, 0.2) is 24.7 Å². The van der Waals surface area contributed by atoms with Crippen molar-refractivity contribution in [2.24, 2.45) is 40.4 Å². The zero-order valence-electron chi connectivity index (χ0n) is 36.0. The average molecular weight is 871 g/mol. The van der Waals surface area contributed by atoms with Crippen molar-refractivity contribution in [1.29, 1.82) is 0 Å². The van der Waals surface area contributed by atoms with Gasteiger partial charge in [0.05, 0.1) is 38.1 Å². The van der Waals surface area contributed by atoms with Crippen LogP contribution in [-0.4, -0.2) is 175 Å². The van der Waals surface area contributed by atoms with E-state index in [1.807, 2.05) is 0 Å². The quantitative estimate of drug-likeness (QED) is 0.145. The molecule has 61 heavy (non-hydrogen) atoms. The zero-order valence-corrected chi connectivity index (χ0v) is 36.0. The van der Waals surface area contributed by atoms with Gasteiger partial charge in [0.25, 0.3) is 0 Å². The van der Waals surface area contributed by atoms with E-state index in [-0.39, 0.29) is 22.9 Å². The molecule has 8 fully saturated rings. The van der Waals surface area contributed by atoms with Gasteiger partial charge in [-0.25, -0.2) is 0 Å². The number of hydrogen-bond acceptors (Lipinski definition) is 17.